The molecule has 2 nitrogen and oxygen atoms in total. The van der Waals surface area contributed by atoms with Crippen LogP contribution < -0.4 is 5.32 Å². The number of piperidine rings is 1. The van der Waals surface area contributed by atoms with Gasteiger partial charge in [-0.1, -0.05) is 6.92 Å². The van der Waals surface area contributed by atoms with Gasteiger partial charge in [-0.3, -0.25) is 0 Å². The second-order valence-electron chi connectivity index (χ2n) is 3.02. The van der Waals surface area contributed by atoms with E-state index in [-0.39, 0.29) is 22.4 Å². The van der Waals surface area contributed by atoms with Crippen LogP contribution in [0, 0.1) is 5.41 Å². The summed E-state index contributed by atoms with van der Waals surface area (Å²) in [6, 6.07) is 0. The van der Waals surface area contributed by atoms with Crippen molar-refractivity contribution in [2.45, 2.75) is 19.8 Å². The zero-order chi connectivity index (χ0) is 6.74. The van der Waals surface area contributed by atoms with E-state index in [4.69, 9.17) is 0 Å². The van der Waals surface area contributed by atoms with Crippen LogP contribution in [0.1, 0.15) is 19.8 Å². The number of rotatable bonds is 1. The molecule has 0 radical (unpaired) electrons. The Morgan fingerprint density at radius 1 is 1.40 bits per heavy atom. The van der Waals surface area contributed by atoms with Crippen LogP contribution in [0.4, 0.5) is 0 Å². The molecule has 0 aromatic rings. The summed E-state index contributed by atoms with van der Waals surface area (Å²) in [4.78, 5) is 10.5. The maximum atomic E-state index is 10.5. The molecule has 1 heterocycles. The molecule has 0 bridgehead atoms. The summed E-state index contributed by atoms with van der Waals surface area (Å²) in [5.41, 5.74) is -0.0226. The summed E-state index contributed by atoms with van der Waals surface area (Å²) in [5.74, 6) is 0. The minimum absolute atomic E-state index is 0. The Morgan fingerprint density at radius 3 is 2.20 bits per heavy atom. The molecule has 1 N–H and O–H groups in total. The molecule has 0 amide bonds. The molecule has 1 aliphatic heterocycles. The summed E-state index contributed by atoms with van der Waals surface area (Å²) >= 11 is 0. The summed E-state index contributed by atoms with van der Waals surface area (Å²) in [5, 5.41) is 3.22. The van der Waals surface area contributed by atoms with E-state index in [2.05, 4.69) is 5.32 Å². The molecule has 0 saturated carbocycles. The second-order valence-corrected chi connectivity index (χ2v) is 3.02. The van der Waals surface area contributed by atoms with Crippen LogP contribution >= 0.6 is 17.0 Å². The van der Waals surface area contributed by atoms with Crippen LogP contribution in [0.15, 0.2) is 0 Å². The van der Waals surface area contributed by atoms with Gasteiger partial charge in [0.2, 0.25) is 0 Å². The fraction of sp³-hybridized carbons (Fsp3) is 0.857. The van der Waals surface area contributed by atoms with E-state index >= 15 is 0 Å². The van der Waals surface area contributed by atoms with E-state index in [0.717, 1.165) is 32.2 Å². The van der Waals surface area contributed by atoms with Gasteiger partial charge in [0.1, 0.15) is 6.29 Å². The second kappa shape index (κ2) is 4.09. The highest BCUT2D eigenvalue weighted by Gasteiger charge is 2.25. The highest BCUT2D eigenvalue weighted by molar-refractivity contribution is 8.93. The lowest BCUT2D eigenvalue weighted by atomic mass is 9.83. The van der Waals surface area contributed by atoms with Crippen LogP contribution in [0.5, 0.6) is 0 Å². The zero-order valence-electron chi connectivity index (χ0n) is 6.22. The molecule has 0 aromatic carbocycles. The van der Waals surface area contributed by atoms with E-state index < -0.39 is 0 Å². The van der Waals surface area contributed by atoms with Crippen molar-refractivity contribution in [3.8, 4) is 0 Å². The van der Waals surface area contributed by atoms with Gasteiger partial charge in [-0.05, 0) is 25.9 Å². The van der Waals surface area contributed by atoms with Crippen molar-refractivity contribution in [1.29, 1.82) is 0 Å². The van der Waals surface area contributed by atoms with Crippen molar-refractivity contribution >= 4 is 23.3 Å². The van der Waals surface area contributed by atoms with Crippen molar-refractivity contribution in [3.63, 3.8) is 0 Å². The number of halogens is 1. The largest absolute Gasteiger partial charge is 0.317 e. The number of aldehydes is 1. The molecular weight excluding hydrogens is 194 g/mol. The lowest BCUT2D eigenvalue weighted by Crippen LogP contribution is -2.35. The SMILES string of the molecule is Br.CC1(C=O)CCNCC1. The molecule has 0 atom stereocenters. The van der Waals surface area contributed by atoms with Gasteiger partial charge in [-0.25, -0.2) is 0 Å². The first-order valence-electron chi connectivity index (χ1n) is 3.44. The van der Waals surface area contributed by atoms with Crippen LogP contribution in [0.2, 0.25) is 0 Å². The Hall–Kier alpha value is 0.110. The highest BCUT2D eigenvalue weighted by Crippen LogP contribution is 2.24. The number of hydrogen-bond donors (Lipinski definition) is 1. The zero-order valence-corrected chi connectivity index (χ0v) is 7.94. The summed E-state index contributed by atoms with van der Waals surface area (Å²) in [6.07, 6.45) is 3.08. The van der Waals surface area contributed by atoms with Crippen LogP contribution in [0.3, 0.4) is 0 Å². The Morgan fingerprint density at radius 2 is 1.90 bits per heavy atom. The number of carbonyl (C=O) groups is 1. The van der Waals surface area contributed by atoms with Gasteiger partial charge in [0.25, 0.3) is 0 Å². The van der Waals surface area contributed by atoms with Crippen LogP contribution in [-0.4, -0.2) is 19.4 Å². The monoisotopic (exact) mass is 207 g/mol. The molecule has 1 aliphatic rings. The molecule has 0 spiro atoms. The first kappa shape index (κ1) is 10.1. The van der Waals surface area contributed by atoms with E-state index in [1.54, 1.807) is 0 Å². The molecule has 1 fully saturated rings. The average molecular weight is 208 g/mol. The molecule has 0 unspecified atom stereocenters. The van der Waals surface area contributed by atoms with E-state index in [9.17, 15) is 4.79 Å². The molecule has 1 rings (SSSR count). The minimum atomic E-state index is -0.0226. The lowest BCUT2D eigenvalue weighted by molar-refractivity contribution is -0.116. The topological polar surface area (TPSA) is 29.1 Å². The summed E-state index contributed by atoms with van der Waals surface area (Å²) in [7, 11) is 0. The highest BCUT2D eigenvalue weighted by atomic mass is 79.9. The third kappa shape index (κ3) is 2.39. The van der Waals surface area contributed by atoms with Gasteiger partial charge in [0.15, 0.2) is 0 Å². The Kier molecular flexibility index (Phi) is 4.13. The van der Waals surface area contributed by atoms with Gasteiger partial charge in [-0.2, -0.15) is 0 Å². The molecule has 0 aliphatic carbocycles. The maximum absolute atomic E-state index is 10.5. The quantitative estimate of drug-likeness (QED) is 0.655. The van der Waals surface area contributed by atoms with Crippen LogP contribution in [0.25, 0.3) is 0 Å². The fourth-order valence-corrected chi connectivity index (χ4v) is 1.12. The Balaban J connectivity index is 0.000000810. The third-order valence-corrected chi connectivity index (χ3v) is 2.03. The van der Waals surface area contributed by atoms with Crippen molar-refractivity contribution < 1.29 is 4.79 Å². The lowest BCUT2D eigenvalue weighted by Gasteiger charge is -2.27. The smallest absolute Gasteiger partial charge is 0.125 e. The number of nitrogens with one attached hydrogen (secondary N) is 1. The Bertz CT molecular complexity index is 110. The fourth-order valence-electron chi connectivity index (χ4n) is 1.12. The van der Waals surface area contributed by atoms with Crippen molar-refractivity contribution in [2.75, 3.05) is 13.1 Å². The van der Waals surface area contributed by atoms with E-state index in [1.807, 2.05) is 6.92 Å². The predicted molar refractivity (Wildman–Crippen MR) is 46.6 cm³/mol. The standard InChI is InChI=1S/C7H13NO.BrH/c1-7(6-9)2-4-8-5-3-7;/h6,8H,2-5H2,1H3;1H. The first-order valence-corrected chi connectivity index (χ1v) is 3.44. The molecule has 3 heteroatoms. The molecule has 0 aromatic heterocycles. The van der Waals surface area contributed by atoms with E-state index in [0.29, 0.717) is 0 Å². The Labute approximate surface area is 72.1 Å². The van der Waals surface area contributed by atoms with Crippen LogP contribution in [-0.2, 0) is 4.79 Å². The van der Waals surface area contributed by atoms with Gasteiger partial charge in [0, 0.05) is 5.41 Å². The van der Waals surface area contributed by atoms with Gasteiger partial charge < -0.3 is 10.1 Å². The summed E-state index contributed by atoms with van der Waals surface area (Å²) in [6.45, 7) is 4.02. The molecule has 60 valence electrons. The van der Waals surface area contributed by atoms with Crippen molar-refractivity contribution in [1.82, 2.24) is 5.32 Å². The number of carbonyl (C=O) groups excluding carboxylic acids is 1. The van der Waals surface area contributed by atoms with Gasteiger partial charge >= 0.3 is 0 Å². The van der Waals surface area contributed by atoms with Gasteiger partial charge in [-0.15, -0.1) is 17.0 Å². The van der Waals surface area contributed by atoms with Crippen molar-refractivity contribution in [2.24, 2.45) is 5.41 Å². The molecule has 1 saturated heterocycles. The average Bonchev–Trinajstić information content (AvgIpc) is 1.90. The third-order valence-electron chi connectivity index (χ3n) is 2.03. The normalized spacial score (nSPS) is 22.9. The van der Waals surface area contributed by atoms with Gasteiger partial charge in [0.05, 0.1) is 0 Å². The minimum Gasteiger partial charge on any atom is -0.317 e. The maximum Gasteiger partial charge on any atom is 0.125 e. The van der Waals surface area contributed by atoms with Crippen molar-refractivity contribution in [3.05, 3.63) is 0 Å². The summed E-state index contributed by atoms with van der Waals surface area (Å²) < 4.78 is 0. The predicted octanol–water partition coefficient (Wildman–Crippen LogP) is 1.15. The number of hydrogen-bond acceptors (Lipinski definition) is 2. The first-order chi connectivity index (χ1) is 4.27. The van der Waals surface area contributed by atoms with E-state index in [1.165, 1.54) is 0 Å². The molecular formula is C7H14BrNO. The molecule has 10 heavy (non-hydrogen) atoms.